The molecule has 2 heterocycles. The number of amides is 1. The number of likely N-dealkylation sites (N-methyl/N-ethyl adjacent to an activating group) is 1. The summed E-state index contributed by atoms with van der Waals surface area (Å²) in [5.41, 5.74) is 2.16. The van der Waals surface area contributed by atoms with Gasteiger partial charge in [-0.15, -0.1) is 0 Å². The minimum atomic E-state index is -3.91. The Morgan fingerprint density at radius 1 is 0.919 bits per heavy atom. The number of carbonyl (C=O) groups is 1. The number of benzene rings is 2. The zero-order valence-electron chi connectivity index (χ0n) is 22.6. The Morgan fingerprint density at radius 2 is 1.54 bits per heavy atom. The van der Waals surface area contributed by atoms with Crippen molar-refractivity contribution in [3.05, 3.63) is 47.5 Å². The number of anilines is 1. The molecule has 0 aliphatic carbocycles. The number of nitrogens with zero attached hydrogens (tertiary/aromatic N) is 4. The molecule has 0 radical (unpaired) electrons. The maximum absolute atomic E-state index is 14.0. The predicted octanol–water partition coefficient (Wildman–Crippen LogP) is 4.20. The Balaban J connectivity index is 1.89. The van der Waals surface area contributed by atoms with Crippen LogP contribution in [0, 0.1) is 6.92 Å². The number of ether oxygens (including phenoxy) is 1. The van der Waals surface area contributed by atoms with Crippen molar-refractivity contribution in [3.63, 3.8) is 0 Å². The van der Waals surface area contributed by atoms with E-state index in [4.69, 9.17) is 4.74 Å². The van der Waals surface area contributed by atoms with Crippen molar-refractivity contribution in [1.29, 1.82) is 0 Å². The van der Waals surface area contributed by atoms with Crippen LogP contribution in [0.2, 0.25) is 0 Å². The van der Waals surface area contributed by atoms with Gasteiger partial charge in [-0.1, -0.05) is 31.5 Å². The first kappa shape index (κ1) is 27.4. The van der Waals surface area contributed by atoms with Crippen molar-refractivity contribution in [1.82, 2.24) is 14.1 Å². The molecule has 2 aromatic carbocycles. The summed E-state index contributed by atoms with van der Waals surface area (Å²) >= 11 is 0. The summed E-state index contributed by atoms with van der Waals surface area (Å²) in [6, 6.07) is 11.0. The Morgan fingerprint density at radius 3 is 2.14 bits per heavy atom. The third kappa shape index (κ3) is 6.10. The van der Waals surface area contributed by atoms with Crippen molar-refractivity contribution in [2.75, 3.05) is 64.3 Å². The second kappa shape index (κ2) is 11.8. The minimum absolute atomic E-state index is 0.0531. The molecular weight excluding hydrogens is 488 g/mol. The number of aryl methyl sites for hydroxylation is 1. The Hall–Kier alpha value is -2.62. The lowest BCUT2D eigenvalue weighted by molar-refractivity contribution is 0.0664. The highest BCUT2D eigenvalue weighted by Crippen LogP contribution is 2.42. The van der Waals surface area contributed by atoms with Crippen LogP contribution in [0.4, 0.5) is 5.69 Å². The second-order valence-corrected chi connectivity index (χ2v) is 11.9. The molecule has 2 saturated heterocycles. The maximum atomic E-state index is 14.0. The van der Waals surface area contributed by atoms with Crippen molar-refractivity contribution in [3.8, 4) is 11.5 Å². The molecule has 0 aromatic heterocycles. The number of carbonyl (C=O) groups excluding carboxylic acids is 1. The summed E-state index contributed by atoms with van der Waals surface area (Å²) in [5, 5.41) is 0. The molecule has 0 bridgehead atoms. The van der Waals surface area contributed by atoms with Gasteiger partial charge in [0.25, 0.3) is 5.91 Å². The zero-order chi connectivity index (χ0) is 26.6. The fourth-order valence-corrected chi connectivity index (χ4v) is 6.61. The summed E-state index contributed by atoms with van der Waals surface area (Å²) in [6.45, 7) is 10.7. The van der Waals surface area contributed by atoms with Gasteiger partial charge in [0.15, 0.2) is 5.75 Å². The van der Waals surface area contributed by atoms with Gasteiger partial charge in [0, 0.05) is 57.9 Å². The third-order valence-corrected chi connectivity index (χ3v) is 9.39. The summed E-state index contributed by atoms with van der Waals surface area (Å²) < 4.78 is 35.8. The van der Waals surface area contributed by atoms with E-state index in [1.165, 1.54) is 10.4 Å². The van der Waals surface area contributed by atoms with Gasteiger partial charge in [0.2, 0.25) is 10.0 Å². The van der Waals surface area contributed by atoms with Gasteiger partial charge in [0.1, 0.15) is 10.6 Å². The van der Waals surface area contributed by atoms with E-state index in [1.54, 1.807) is 0 Å². The summed E-state index contributed by atoms with van der Waals surface area (Å²) in [7, 11) is -1.87. The molecule has 2 aromatic rings. The van der Waals surface area contributed by atoms with E-state index in [9.17, 15) is 13.2 Å². The highest BCUT2D eigenvalue weighted by atomic mass is 32.2. The van der Waals surface area contributed by atoms with Crippen LogP contribution in [0.25, 0.3) is 0 Å². The average Bonchev–Trinajstić information content (AvgIpc) is 2.91. The summed E-state index contributed by atoms with van der Waals surface area (Å²) in [6.07, 6.45) is 3.16. The van der Waals surface area contributed by atoms with Crippen LogP contribution in [0.15, 0.2) is 41.3 Å². The quantitative estimate of drug-likeness (QED) is 0.512. The van der Waals surface area contributed by atoms with Crippen molar-refractivity contribution < 1.29 is 17.9 Å². The smallest absolute Gasteiger partial charge is 0.254 e. The summed E-state index contributed by atoms with van der Waals surface area (Å²) in [5.74, 6) is 0.731. The molecule has 2 aliphatic rings. The fraction of sp³-hybridized carbons (Fsp3) is 0.536. The number of piperidine rings is 1. The molecule has 37 heavy (non-hydrogen) atoms. The van der Waals surface area contributed by atoms with Crippen LogP contribution >= 0.6 is 0 Å². The highest BCUT2D eigenvalue weighted by molar-refractivity contribution is 7.89. The maximum Gasteiger partial charge on any atom is 0.254 e. The molecular formula is C28H40N4O4S. The molecule has 8 nitrogen and oxygen atoms in total. The van der Waals surface area contributed by atoms with E-state index in [2.05, 4.69) is 9.80 Å². The number of piperazine rings is 1. The van der Waals surface area contributed by atoms with E-state index in [0.29, 0.717) is 48.9 Å². The van der Waals surface area contributed by atoms with Gasteiger partial charge < -0.3 is 19.4 Å². The van der Waals surface area contributed by atoms with Crippen molar-refractivity contribution >= 4 is 21.6 Å². The zero-order valence-corrected chi connectivity index (χ0v) is 23.4. The predicted molar refractivity (Wildman–Crippen MR) is 147 cm³/mol. The molecule has 2 fully saturated rings. The monoisotopic (exact) mass is 528 g/mol. The number of hydrogen-bond donors (Lipinski definition) is 0. The first-order valence-corrected chi connectivity index (χ1v) is 14.8. The molecule has 2 aliphatic heterocycles. The Kier molecular flexibility index (Phi) is 8.77. The van der Waals surface area contributed by atoms with Gasteiger partial charge >= 0.3 is 0 Å². The van der Waals surface area contributed by atoms with E-state index in [1.807, 2.05) is 63.1 Å². The Labute approximate surface area is 221 Å². The molecule has 0 spiro atoms. The summed E-state index contributed by atoms with van der Waals surface area (Å²) in [4.78, 5) is 19.9. The molecule has 0 N–H and O–H groups in total. The van der Waals surface area contributed by atoms with Crippen LogP contribution < -0.4 is 9.64 Å². The van der Waals surface area contributed by atoms with Crippen LogP contribution in [-0.2, 0) is 10.0 Å². The number of rotatable bonds is 8. The second-order valence-electron chi connectivity index (χ2n) is 9.97. The van der Waals surface area contributed by atoms with Gasteiger partial charge in [-0.25, -0.2) is 8.42 Å². The van der Waals surface area contributed by atoms with Gasteiger partial charge in [-0.05, 0) is 57.5 Å². The molecule has 202 valence electrons. The molecule has 1 amide bonds. The van der Waals surface area contributed by atoms with Crippen molar-refractivity contribution in [2.24, 2.45) is 0 Å². The molecule has 9 heteroatoms. The highest BCUT2D eigenvalue weighted by Gasteiger charge is 2.33. The fourth-order valence-electron chi connectivity index (χ4n) is 4.99. The van der Waals surface area contributed by atoms with Crippen molar-refractivity contribution in [2.45, 2.75) is 44.9 Å². The molecule has 0 unspecified atom stereocenters. The van der Waals surface area contributed by atoms with E-state index < -0.39 is 10.0 Å². The first-order chi connectivity index (χ1) is 17.7. The third-order valence-electron chi connectivity index (χ3n) is 7.33. The van der Waals surface area contributed by atoms with Crippen LogP contribution in [0.5, 0.6) is 11.5 Å². The topological polar surface area (TPSA) is 73.4 Å². The van der Waals surface area contributed by atoms with E-state index in [-0.39, 0.29) is 10.8 Å². The van der Waals surface area contributed by atoms with Gasteiger partial charge in [-0.3, -0.25) is 4.79 Å². The van der Waals surface area contributed by atoms with Crippen LogP contribution in [0.1, 0.15) is 49.0 Å². The van der Waals surface area contributed by atoms with Crippen LogP contribution in [0.3, 0.4) is 0 Å². The normalized spacial score (nSPS) is 17.3. The minimum Gasteiger partial charge on any atom is -0.454 e. The standard InChI is InChI=1S/C28H40N4O4S/c1-5-32(6-2)37(34,35)26-21-23(28(33)31-18-16-29(4)17-19-31)20-25(30-14-8-7-9-15-30)27(26)36-24-12-10-22(3)11-13-24/h10-13,20-21H,5-9,14-19H2,1-4H3. The lowest BCUT2D eigenvalue weighted by Crippen LogP contribution is -2.47. The van der Waals surface area contributed by atoms with Gasteiger partial charge in [0.05, 0.1) is 5.69 Å². The molecule has 0 atom stereocenters. The molecule has 0 saturated carbocycles. The first-order valence-electron chi connectivity index (χ1n) is 13.4. The molecule has 4 rings (SSSR count). The average molecular weight is 529 g/mol. The van der Waals surface area contributed by atoms with Gasteiger partial charge in [-0.2, -0.15) is 4.31 Å². The van der Waals surface area contributed by atoms with E-state index >= 15 is 0 Å². The SMILES string of the molecule is CCN(CC)S(=O)(=O)c1cc(C(=O)N2CCN(C)CC2)cc(N2CCCCC2)c1Oc1ccc(C)cc1. The lowest BCUT2D eigenvalue weighted by atomic mass is 10.1. The number of sulfonamides is 1. The van der Waals surface area contributed by atoms with Crippen LogP contribution in [-0.4, -0.2) is 87.8 Å². The largest absolute Gasteiger partial charge is 0.454 e. The number of hydrogen-bond acceptors (Lipinski definition) is 6. The van der Waals surface area contributed by atoms with E-state index in [0.717, 1.165) is 51.0 Å². The lowest BCUT2D eigenvalue weighted by Gasteiger charge is -2.34. The Bertz CT molecular complexity index is 1180.